The number of methoxy groups -OCH3 is 2. The van der Waals surface area contributed by atoms with Gasteiger partial charge in [-0.25, -0.2) is 0 Å². The number of likely N-dealkylation sites (tertiary alicyclic amines) is 1. The predicted octanol–water partition coefficient (Wildman–Crippen LogP) is 6.81. The van der Waals surface area contributed by atoms with Gasteiger partial charge in [0, 0.05) is 85.4 Å². The highest BCUT2D eigenvalue weighted by molar-refractivity contribution is 5.93. The number of rotatable bonds is 38. The number of hydrogen-bond donors (Lipinski definition) is 2. The van der Waals surface area contributed by atoms with Gasteiger partial charge in [0.15, 0.2) is 5.78 Å². The summed E-state index contributed by atoms with van der Waals surface area (Å²) in [5.41, 5.74) is 6.08. The van der Waals surface area contributed by atoms with Crippen LogP contribution < -0.4 is 5.73 Å². The average molecular weight is 1020 g/mol. The van der Waals surface area contributed by atoms with E-state index in [1.165, 1.54) is 4.90 Å². The Labute approximate surface area is 432 Å². The number of benzene rings is 1. The summed E-state index contributed by atoms with van der Waals surface area (Å²) in [6, 6.07) is 7.62. The van der Waals surface area contributed by atoms with Gasteiger partial charge in [0.1, 0.15) is 24.0 Å². The summed E-state index contributed by atoms with van der Waals surface area (Å²) in [6.07, 6.45) is 4.35. The Hall–Kier alpha value is -3.93. The summed E-state index contributed by atoms with van der Waals surface area (Å²) in [5, 5.41) is 11.0. The summed E-state index contributed by atoms with van der Waals surface area (Å²) in [5.74, 6) is -2.99. The molecule has 3 amide bonds. The van der Waals surface area contributed by atoms with Crippen LogP contribution >= 0.6 is 0 Å². The molecule has 1 heterocycles. The van der Waals surface area contributed by atoms with Crippen molar-refractivity contribution in [1.29, 1.82) is 0 Å². The monoisotopic (exact) mass is 1010 g/mol. The summed E-state index contributed by atoms with van der Waals surface area (Å²) in [6.45, 7) is 16.4. The SMILES string of the molecule is CC[C@H](C)[C@@H]([C@@H](CC(=O)N1CCC[C@H]1[C@H](OC)[C@@H](C)C(=O)C[C@H](C)[C@@H](O)c1ccccc1)OC)N(C)C(=O)[C@H](CC(=O)C(C(C)C)N(C)C(=O)COCCOCCCC(=O)CCCCCC(=O)CN)C(C)C. The Morgan fingerprint density at radius 1 is 0.736 bits per heavy atom. The summed E-state index contributed by atoms with van der Waals surface area (Å²) >= 11 is 0. The second-order valence-corrected chi connectivity index (χ2v) is 20.9. The first kappa shape index (κ1) is 64.2. The largest absolute Gasteiger partial charge is 0.388 e. The molecule has 1 aromatic carbocycles. The smallest absolute Gasteiger partial charge is 0.248 e. The molecule has 1 aliphatic heterocycles. The topological polar surface area (TPSA) is 212 Å². The van der Waals surface area contributed by atoms with Gasteiger partial charge in [-0.05, 0) is 61.3 Å². The molecule has 0 spiro atoms. The fourth-order valence-electron chi connectivity index (χ4n) is 10.2. The van der Waals surface area contributed by atoms with Crippen molar-refractivity contribution in [2.45, 2.75) is 175 Å². The van der Waals surface area contributed by atoms with E-state index >= 15 is 0 Å². The molecule has 16 nitrogen and oxygen atoms in total. The van der Waals surface area contributed by atoms with Crippen molar-refractivity contribution in [2.24, 2.45) is 41.2 Å². The zero-order valence-corrected chi connectivity index (χ0v) is 46.1. The molecule has 1 aromatic rings. The Morgan fingerprint density at radius 2 is 1.36 bits per heavy atom. The van der Waals surface area contributed by atoms with Crippen molar-refractivity contribution in [1.82, 2.24) is 14.7 Å². The minimum Gasteiger partial charge on any atom is -0.388 e. The van der Waals surface area contributed by atoms with Gasteiger partial charge in [0.2, 0.25) is 17.7 Å². The molecular formula is C56H94N4O12. The van der Waals surface area contributed by atoms with E-state index in [4.69, 9.17) is 24.7 Å². The molecule has 1 fully saturated rings. The summed E-state index contributed by atoms with van der Waals surface area (Å²) < 4.78 is 23.3. The minimum absolute atomic E-state index is 0.00949. The number of carbonyl (C=O) groups excluding carboxylic acids is 7. The summed E-state index contributed by atoms with van der Waals surface area (Å²) in [7, 11) is 6.41. The number of ether oxygens (including phenoxy) is 4. The number of unbranched alkanes of at least 4 members (excludes halogenated alkanes) is 2. The first-order valence-corrected chi connectivity index (χ1v) is 26.7. The molecule has 10 atom stereocenters. The van der Waals surface area contributed by atoms with Crippen LogP contribution in [0.4, 0.5) is 0 Å². The Morgan fingerprint density at radius 3 is 1.94 bits per heavy atom. The second kappa shape index (κ2) is 33.8. The molecule has 0 aromatic heterocycles. The number of carbonyl (C=O) groups is 7. The van der Waals surface area contributed by atoms with Gasteiger partial charge >= 0.3 is 0 Å². The molecule has 72 heavy (non-hydrogen) atoms. The third-order valence-corrected chi connectivity index (χ3v) is 14.9. The van der Waals surface area contributed by atoms with Gasteiger partial charge in [-0.1, -0.05) is 98.6 Å². The zero-order valence-electron chi connectivity index (χ0n) is 46.1. The van der Waals surface area contributed by atoms with Crippen LogP contribution in [0.1, 0.15) is 151 Å². The third kappa shape index (κ3) is 20.4. The van der Waals surface area contributed by atoms with E-state index in [1.54, 1.807) is 38.1 Å². The lowest BCUT2D eigenvalue weighted by atomic mass is 9.83. The number of hydrogen-bond acceptors (Lipinski definition) is 13. The molecule has 1 saturated heterocycles. The number of likely N-dealkylation sites (N-methyl/N-ethyl adjacent to an activating group) is 2. The highest BCUT2D eigenvalue weighted by Gasteiger charge is 2.43. The van der Waals surface area contributed by atoms with Crippen LogP contribution in [0.3, 0.4) is 0 Å². The number of ketones is 4. The highest BCUT2D eigenvalue weighted by Crippen LogP contribution is 2.33. The lowest BCUT2D eigenvalue weighted by Gasteiger charge is -2.41. The van der Waals surface area contributed by atoms with Crippen molar-refractivity contribution in [3.8, 4) is 0 Å². The van der Waals surface area contributed by atoms with E-state index in [-0.39, 0.29) is 116 Å². The van der Waals surface area contributed by atoms with E-state index in [9.17, 15) is 38.7 Å². The van der Waals surface area contributed by atoms with E-state index in [0.717, 1.165) is 31.2 Å². The molecule has 3 N–H and O–H groups in total. The maximum absolute atomic E-state index is 14.7. The van der Waals surface area contributed by atoms with Crippen LogP contribution in [0, 0.1) is 35.5 Å². The number of aliphatic hydroxyl groups excluding tert-OH is 1. The standard InChI is InChI=1S/C56H94N4O12/c1-13-39(6)53(49(69-11)34-50(65)60-28-20-27-46(60)55(70-12)41(8)47(63)32-40(7)54(67)42-22-16-14-17-23-42)59(10)56(68)45(37(2)3)33-48(64)52(38(4)5)58(9)51(66)36-72-31-30-71-29-21-26-43(61)24-18-15-19-25-44(62)35-57/h14,16-17,22-23,37-41,45-46,49,52-55,67H,13,15,18-21,24-36,57H2,1-12H3/t39-,40-,41-,45+,46-,49+,52?,53-,54+,55+/m0/s1. The maximum Gasteiger partial charge on any atom is 0.248 e. The number of nitrogens with zero attached hydrogens (tertiary/aromatic N) is 3. The van der Waals surface area contributed by atoms with Crippen LogP contribution in [0.25, 0.3) is 0 Å². The van der Waals surface area contributed by atoms with E-state index in [1.807, 2.05) is 85.7 Å². The average Bonchev–Trinajstić information content (AvgIpc) is 3.85. The van der Waals surface area contributed by atoms with Gasteiger partial charge in [-0.3, -0.25) is 33.6 Å². The van der Waals surface area contributed by atoms with E-state index < -0.39 is 42.2 Å². The van der Waals surface area contributed by atoms with Crippen molar-refractivity contribution in [3.05, 3.63) is 35.9 Å². The van der Waals surface area contributed by atoms with Crippen molar-refractivity contribution in [2.75, 3.05) is 67.8 Å². The number of aliphatic hydroxyl groups is 1. The molecule has 2 rings (SSSR count). The minimum atomic E-state index is -0.802. The Bertz CT molecular complexity index is 1810. The van der Waals surface area contributed by atoms with Gasteiger partial charge in [0.25, 0.3) is 0 Å². The van der Waals surface area contributed by atoms with Crippen molar-refractivity contribution in [3.63, 3.8) is 0 Å². The first-order valence-electron chi connectivity index (χ1n) is 26.7. The van der Waals surface area contributed by atoms with E-state index in [2.05, 4.69) is 0 Å². The third-order valence-electron chi connectivity index (χ3n) is 14.9. The van der Waals surface area contributed by atoms with Crippen LogP contribution in [0.15, 0.2) is 30.3 Å². The fraction of sp³-hybridized carbons (Fsp3) is 0.768. The zero-order chi connectivity index (χ0) is 54.1. The number of amides is 3. The molecule has 0 radical (unpaired) electrons. The van der Waals surface area contributed by atoms with Gasteiger partial charge in [-0.15, -0.1) is 0 Å². The van der Waals surface area contributed by atoms with Gasteiger partial charge in [-0.2, -0.15) is 0 Å². The van der Waals surface area contributed by atoms with Crippen molar-refractivity contribution >= 4 is 40.9 Å². The molecule has 0 saturated carbocycles. The lowest BCUT2D eigenvalue weighted by molar-refractivity contribution is -0.150. The van der Waals surface area contributed by atoms with E-state index in [0.29, 0.717) is 51.7 Å². The molecule has 410 valence electrons. The fourth-order valence-corrected chi connectivity index (χ4v) is 10.2. The lowest BCUT2D eigenvalue weighted by Crippen LogP contribution is -2.54. The Kier molecular flexibility index (Phi) is 30.1. The molecule has 16 heteroatoms. The molecule has 1 aliphatic rings. The molecule has 0 aliphatic carbocycles. The summed E-state index contributed by atoms with van der Waals surface area (Å²) in [4.78, 5) is 98.7. The van der Waals surface area contributed by atoms with Crippen LogP contribution in [0.2, 0.25) is 0 Å². The number of nitrogens with two attached hydrogens (primary N) is 1. The van der Waals surface area contributed by atoms with Crippen LogP contribution in [-0.2, 0) is 52.5 Å². The van der Waals surface area contributed by atoms with Gasteiger partial charge < -0.3 is 44.5 Å². The maximum atomic E-state index is 14.7. The highest BCUT2D eigenvalue weighted by atomic mass is 16.5. The Balaban J connectivity index is 2.05. The van der Waals surface area contributed by atoms with Gasteiger partial charge in [0.05, 0.1) is 62.6 Å². The predicted molar refractivity (Wildman–Crippen MR) is 279 cm³/mol. The number of Topliss-reactive ketones (excluding diaryl/α,β-unsaturated/α-hetero) is 4. The first-order chi connectivity index (χ1) is 34.2. The molecule has 1 unspecified atom stereocenters. The second-order valence-electron chi connectivity index (χ2n) is 20.9. The van der Waals surface area contributed by atoms with Crippen LogP contribution in [-0.4, -0.2) is 159 Å². The van der Waals surface area contributed by atoms with Crippen molar-refractivity contribution < 1.29 is 57.6 Å². The molecular weight excluding hydrogens is 921 g/mol. The van der Waals surface area contributed by atoms with Crippen LogP contribution in [0.5, 0.6) is 0 Å². The quantitative estimate of drug-likeness (QED) is 0.0653. The molecule has 0 bridgehead atoms. The normalized spacial score (nSPS) is 17.7.